The van der Waals surface area contributed by atoms with Gasteiger partial charge in [-0.05, 0) is 82.2 Å². The summed E-state index contributed by atoms with van der Waals surface area (Å²) in [4.78, 5) is 2.51. The molecule has 4 aliphatic rings. The number of fused-ring (bicyclic) bond motifs is 5. The van der Waals surface area contributed by atoms with E-state index in [2.05, 4.69) is 51.1 Å². The van der Waals surface area contributed by atoms with E-state index in [1.165, 1.54) is 44.9 Å². The molecule has 2 saturated carbocycles. The van der Waals surface area contributed by atoms with Gasteiger partial charge in [-0.25, -0.2) is 0 Å². The molecule has 0 aromatic carbocycles. The van der Waals surface area contributed by atoms with Crippen molar-refractivity contribution in [3.63, 3.8) is 0 Å². The van der Waals surface area contributed by atoms with Gasteiger partial charge < -0.3 is 4.90 Å². The summed E-state index contributed by atoms with van der Waals surface area (Å²) in [5, 5.41) is 0. The average Bonchev–Trinajstić information content (AvgIpc) is 2.84. The largest absolute Gasteiger partial charge is 0.306 e. The van der Waals surface area contributed by atoms with Gasteiger partial charge in [0.2, 0.25) is 0 Å². The molecule has 122 valence electrons. The summed E-state index contributed by atoms with van der Waals surface area (Å²) in [7, 11) is 4.58. The fourth-order valence-electron chi connectivity index (χ4n) is 6.93. The first-order chi connectivity index (χ1) is 10.5. The van der Waals surface area contributed by atoms with Crippen LogP contribution in [0.4, 0.5) is 0 Å². The van der Waals surface area contributed by atoms with Crippen LogP contribution in [0.15, 0.2) is 23.8 Å². The molecule has 0 heterocycles. The Balaban J connectivity index is 1.72. The minimum absolute atomic E-state index is 0.388. The van der Waals surface area contributed by atoms with E-state index in [0.29, 0.717) is 10.8 Å². The third-order valence-corrected chi connectivity index (χ3v) is 8.07. The number of allylic oxidation sites excluding steroid dienone is 4. The van der Waals surface area contributed by atoms with Crippen LogP contribution in [0, 0.1) is 28.6 Å². The van der Waals surface area contributed by atoms with Crippen molar-refractivity contribution in [2.24, 2.45) is 28.6 Å². The smallest absolute Gasteiger partial charge is 0.0149 e. The van der Waals surface area contributed by atoms with Crippen LogP contribution in [0.5, 0.6) is 0 Å². The van der Waals surface area contributed by atoms with Crippen molar-refractivity contribution in [2.45, 2.75) is 64.8 Å². The molecule has 0 spiro atoms. The van der Waals surface area contributed by atoms with Crippen molar-refractivity contribution in [3.8, 4) is 0 Å². The molecule has 0 aromatic rings. The predicted molar refractivity (Wildman–Crippen MR) is 93.7 cm³/mol. The second kappa shape index (κ2) is 4.97. The van der Waals surface area contributed by atoms with Crippen LogP contribution >= 0.6 is 0 Å². The van der Waals surface area contributed by atoms with Gasteiger partial charge in [-0.1, -0.05) is 37.6 Å². The molecule has 6 atom stereocenters. The zero-order valence-electron chi connectivity index (χ0n) is 14.9. The van der Waals surface area contributed by atoms with Crippen LogP contribution in [0.3, 0.4) is 0 Å². The summed E-state index contributed by atoms with van der Waals surface area (Å²) in [6.07, 6.45) is 17.6. The third kappa shape index (κ3) is 1.87. The zero-order valence-corrected chi connectivity index (χ0v) is 14.9. The van der Waals surface area contributed by atoms with Crippen LogP contribution in [0.2, 0.25) is 0 Å². The lowest BCUT2D eigenvalue weighted by Gasteiger charge is -2.55. The molecule has 0 saturated heterocycles. The molecule has 0 amide bonds. The van der Waals surface area contributed by atoms with Crippen molar-refractivity contribution in [3.05, 3.63) is 23.8 Å². The molecular weight excluding hydrogens is 266 g/mol. The van der Waals surface area contributed by atoms with Gasteiger partial charge in [-0.2, -0.15) is 0 Å². The van der Waals surface area contributed by atoms with Gasteiger partial charge in [0.25, 0.3) is 0 Å². The van der Waals surface area contributed by atoms with Gasteiger partial charge in [0, 0.05) is 11.5 Å². The fraction of sp³-hybridized carbons (Fsp3) is 0.810. The van der Waals surface area contributed by atoms with Crippen LogP contribution in [-0.2, 0) is 0 Å². The molecule has 1 nitrogen and oxygen atoms in total. The normalized spacial score (nSPS) is 50.3. The lowest BCUT2D eigenvalue weighted by molar-refractivity contribution is 0.0454. The first kappa shape index (κ1) is 15.0. The van der Waals surface area contributed by atoms with Crippen molar-refractivity contribution in [1.82, 2.24) is 4.90 Å². The molecule has 0 aliphatic heterocycles. The van der Waals surface area contributed by atoms with Crippen molar-refractivity contribution >= 4 is 0 Å². The molecular formula is C21H33N. The Morgan fingerprint density at radius 2 is 1.86 bits per heavy atom. The van der Waals surface area contributed by atoms with E-state index in [1.54, 1.807) is 0 Å². The Kier molecular flexibility index (Phi) is 3.39. The van der Waals surface area contributed by atoms with E-state index in [1.807, 2.05) is 5.57 Å². The molecule has 22 heavy (non-hydrogen) atoms. The molecule has 1 heteroatoms. The van der Waals surface area contributed by atoms with Crippen molar-refractivity contribution in [1.29, 1.82) is 0 Å². The number of hydrogen-bond acceptors (Lipinski definition) is 1. The Bertz CT molecular complexity index is 516. The zero-order chi connectivity index (χ0) is 15.5. The summed E-state index contributed by atoms with van der Waals surface area (Å²) < 4.78 is 0. The molecule has 4 rings (SSSR count). The molecule has 0 unspecified atom stereocenters. The highest BCUT2D eigenvalue weighted by Crippen LogP contribution is 2.63. The van der Waals surface area contributed by atoms with E-state index >= 15 is 0 Å². The molecule has 0 radical (unpaired) electrons. The number of hydrogen-bond donors (Lipinski definition) is 0. The second-order valence-electron chi connectivity index (χ2n) is 9.18. The average molecular weight is 300 g/mol. The van der Waals surface area contributed by atoms with Crippen LogP contribution in [0.1, 0.15) is 58.8 Å². The second-order valence-corrected chi connectivity index (χ2v) is 9.18. The summed E-state index contributed by atoms with van der Waals surface area (Å²) in [5.41, 5.74) is 2.74. The maximum atomic E-state index is 2.70. The quantitative estimate of drug-likeness (QED) is 0.613. The third-order valence-electron chi connectivity index (χ3n) is 8.07. The Labute approximate surface area is 136 Å². The topological polar surface area (TPSA) is 3.24 Å². The van der Waals surface area contributed by atoms with E-state index in [4.69, 9.17) is 0 Å². The summed E-state index contributed by atoms with van der Waals surface area (Å²) in [5.74, 6) is 2.70. The van der Waals surface area contributed by atoms with E-state index < -0.39 is 0 Å². The van der Waals surface area contributed by atoms with E-state index in [-0.39, 0.29) is 0 Å². The van der Waals surface area contributed by atoms with Gasteiger partial charge in [-0.3, -0.25) is 0 Å². The SMILES string of the molecule is CN(C)[C@H]1CC[C@H]2[C@@H]3CC[C@@H]4CCC=C[C@]4(C)C3=CC[C@]12C. The number of nitrogens with zero attached hydrogens (tertiary/aromatic N) is 1. The van der Waals surface area contributed by atoms with Crippen LogP contribution in [-0.4, -0.2) is 25.0 Å². The minimum atomic E-state index is 0.388. The molecule has 0 bridgehead atoms. The molecule has 2 fully saturated rings. The molecule has 4 aliphatic carbocycles. The van der Waals surface area contributed by atoms with Crippen LogP contribution < -0.4 is 0 Å². The molecule has 0 N–H and O–H groups in total. The predicted octanol–water partition coefficient (Wildman–Crippen LogP) is 5.05. The Hall–Kier alpha value is -0.560. The summed E-state index contributed by atoms with van der Waals surface area (Å²) in [6.45, 7) is 5.14. The van der Waals surface area contributed by atoms with Crippen LogP contribution in [0.25, 0.3) is 0 Å². The summed E-state index contributed by atoms with van der Waals surface area (Å²) >= 11 is 0. The van der Waals surface area contributed by atoms with Gasteiger partial charge in [0.05, 0.1) is 0 Å². The first-order valence-corrected chi connectivity index (χ1v) is 9.51. The summed E-state index contributed by atoms with van der Waals surface area (Å²) in [6, 6.07) is 0.780. The number of rotatable bonds is 1. The van der Waals surface area contributed by atoms with Crippen molar-refractivity contribution in [2.75, 3.05) is 14.1 Å². The standard InChI is InChI=1S/C21H33N/c1-20-13-6-5-7-15(20)8-9-16-17-10-11-19(22(3)4)21(17,2)14-12-18(16)20/h6,12-13,15-17,19H,5,7-11,14H2,1-4H3/t15-,16-,17-,19-,20-,21-/m0/s1. The maximum Gasteiger partial charge on any atom is 0.0149 e. The van der Waals surface area contributed by atoms with Crippen molar-refractivity contribution < 1.29 is 0 Å². The Morgan fingerprint density at radius 3 is 2.64 bits per heavy atom. The van der Waals surface area contributed by atoms with Gasteiger partial charge in [0.15, 0.2) is 0 Å². The highest BCUT2D eigenvalue weighted by molar-refractivity contribution is 5.33. The monoisotopic (exact) mass is 299 g/mol. The fourth-order valence-corrected chi connectivity index (χ4v) is 6.93. The first-order valence-electron chi connectivity index (χ1n) is 9.51. The highest BCUT2D eigenvalue weighted by atomic mass is 15.1. The van der Waals surface area contributed by atoms with E-state index in [0.717, 1.165) is 23.8 Å². The van der Waals surface area contributed by atoms with Gasteiger partial charge in [0.1, 0.15) is 0 Å². The van der Waals surface area contributed by atoms with Gasteiger partial charge >= 0.3 is 0 Å². The van der Waals surface area contributed by atoms with E-state index in [9.17, 15) is 0 Å². The minimum Gasteiger partial charge on any atom is -0.306 e. The maximum absolute atomic E-state index is 2.70. The van der Waals surface area contributed by atoms with Gasteiger partial charge in [-0.15, -0.1) is 0 Å². The highest BCUT2D eigenvalue weighted by Gasteiger charge is 2.56. The lowest BCUT2D eigenvalue weighted by atomic mass is 9.50. The molecule has 0 aromatic heterocycles. The lowest BCUT2D eigenvalue weighted by Crippen LogP contribution is -2.49. The Morgan fingerprint density at radius 1 is 1.05 bits per heavy atom.